The Morgan fingerprint density at radius 3 is 2.67 bits per heavy atom. The average Bonchev–Trinajstić information content (AvgIpc) is 1.89. The van der Waals surface area contributed by atoms with Crippen LogP contribution in [0.25, 0.3) is 0 Å². The normalized spacial score (nSPS) is 13.7. The lowest BCUT2D eigenvalue weighted by atomic mass is 10.5. The highest BCUT2D eigenvalue weighted by Gasteiger charge is 1.97. The summed E-state index contributed by atoms with van der Waals surface area (Å²) < 4.78 is 5.32. The minimum atomic E-state index is 0.247. The first-order valence-electron chi connectivity index (χ1n) is 3.13. The van der Waals surface area contributed by atoms with Gasteiger partial charge in [0.2, 0.25) is 0 Å². The van der Waals surface area contributed by atoms with Crippen molar-refractivity contribution in [1.29, 1.82) is 0 Å². The predicted octanol–water partition coefficient (Wildman–Crippen LogP) is 2.92. The molecule has 0 saturated carbocycles. The van der Waals surface area contributed by atoms with E-state index in [0.29, 0.717) is 0 Å². The van der Waals surface area contributed by atoms with Gasteiger partial charge in [-0.25, -0.2) is 0 Å². The fraction of sp³-hybridized carbons (Fsp3) is 1.00. The van der Waals surface area contributed by atoms with Crippen LogP contribution in [0.2, 0.25) is 0 Å². The van der Waals surface area contributed by atoms with Crippen LogP contribution in [-0.4, -0.2) is 17.0 Å². The lowest BCUT2D eigenvalue weighted by Crippen LogP contribution is -2.03. The minimum Gasteiger partial charge on any atom is -0.367 e. The molecule has 0 aliphatic heterocycles. The van der Waals surface area contributed by atoms with E-state index >= 15 is 0 Å². The van der Waals surface area contributed by atoms with Crippen LogP contribution in [0.3, 0.4) is 0 Å². The van der Waals surface area contributed by atoms with E-state index in [9.17, 15) is 0 Å². The van der Waals surface area contributed by atoms with Gasteiger partial charge in [-0.1, -0.05) is 38.8 Å². The van der Waals surface area contributed by atoms with Crippen molar-refractivity contribution >= 4 is 31.9 Å². The Morgan fingerprint density at radius 2 is 2.22 bits per heavy atom. The molecule has 0 fully saturated rings. The molecule has 9 heavy (non-hydrogen) atoms. The summed E-state index contributed by atoms with van der Waals surface area (Å²) in [5, 5.41) is 1.27. The van der Waals surface area contributed by atoms with Crippen LogP contribution < -0.4 is 0 Å². The highest BCUT2D eigenvalue weighted by molar-refractivity contribution is 9.09. The summed E-state index contributed by atoms with van der Waals surface area (Å²) >= 11 is 6.70. The number of alkyl halides is 2. The van der Waals surface area contributed by atoms with E-state index in [1.807, 2.05) is 0 Å². The van der Waals surface area contributed by atoms with Crippen molar-refractivity contribution in [2.45, 2.75) is 24.8 Å². The first-order chi connectivity index (χ1) is 4.31. The van der Waals surface area contributed by atoms with Crippen molar-refractivity contribution in [3.8, 4) is 0 Å². The summed E-state index contributed by atoms with van der Waals surface area (Å²) in [5.41, 5.74) is 0. The van der Waals surface area contributed by atoms with Gasteiger partial charge in [-0.3, -0.25) is 0 Å². The molecule has 0 radical (unpaired) electrons. The number of rotatable bonds is 5. The standard InChI is InChI=1S/C6H12Br2O/c1-2-6(8)9-5-3-4-7/h6H,2-5H2,1H3/t6-/m1/s1. The lowest BCUT2D eigenvalue weighted by Gasteiger charge is -2.06. The van der Waals surface area contributed by atoms with E-state index < -0.39 is 0 Å². The Balaban J connectivity index is 2.88. The lowest BCUT2D eigenvalue weighted by molar-refractivity contribution is 0.116. The van der Waals surface area contributed by atoms with Crippen LogP contribution in [0.4, 0.5) is 0 Å². The van der Waals surface area contributed by atoms with Crippen molar-refractivity contribution in [3.05, 3.63) is 0 Å². The van der Waals surface area contributed by atoms with Gasteiger partial charge in [-0.2, -0.15) is 0 Å². The molecule has 0 aliphatic carbocycles. The fourth-order valence-corrected chi connectivity index (χ4v) is 0.799. The van der Waals surface area contributed by atoms with Gasteiger partial charge in [-0.15, -0.1) is 0 Å². The molecular formula is C6H12Br2O. The summed E-state index contributed by atoms with van der Waals surface area (Å²) in [7, 11) is 0. The maximum absolute atomic E-state index is 5.32. The molecular weight excluding hydrogens is 248 g/mol. The monoisotopic (exact) mass is 258 g/mol. The Kier molecular flexibility index (Phi) is 7.75. The summed E-state index contributed by atoms with van der Waals surface area (Å²) in [6.07, 6.45) is 2.12. The molecule has 0 aromatic heterocycles. The molecule has 56 valence electrons. The smallest absolute Gasteiger partial charge is 0.112 e. The van der Waals surface area contributed by atoms with E-state index in [2.05, 4.69) is 38.8 Å². The maximum Gasteiger partial charge on any atom is 0.112 e. The molecule has 1 atom stereocenters. The number of hydrogen-bond acceptors (Lipinski definition) is 1. The van der Waals surface area contributed by atoms with Crippen LogP contribution in [0.5, 0.6) is 0 Å². The predicted molar refractivity (Wildman–Crippen MR) is 47.4 cm³/mol. The highest BCUT2D eigenvalue weighted by Crippen LogP contribution is 2.06. The third kappa shape index (κ3) is 6.81. The molecule has 0 spiro atoms. The number of hydrogen-bond donors (Lipinski definition) is 0. The van der Waals surface area contributed by atoms with Gasteiger partial charge in [0.25, 0.3) is 0 Å². The number of ether oxygens (including phenoxy) is 1. The van der Waals surface area contributed by atoms with Crippen molar-refractivity contribution in [2.24, 2.45) is 0 Å². The second-order valence-electron chi connectivity index (χ2n) is 1.73. The van der Waals surface area contributed by atoms with Gasteiger partial charge in [0.15, 0.2) is 0 Å². The molecule has 0 aromatic rings. The Morgan fingerprint density at radius 1 is 1.56 bits per heavy atom. The van der Waals surface area contributed by atoms with Crippen LogP contribution >= 0.6 is 31.9 Å². The van der Waals surface area contributed by atoms with Crippen LogP contribution in [0.15, 0.2) is 0 Å². The van der Waals surface area contributed by atoms with Crippen LogP contribution in [0, 0.1) is 0 Å². The third-order valence-electron chi connectivity index (χ3n) is 0.898. The van der Waals surface area contributed by atoms with E-state index in [1.165, 1.54) is 0 Å². The van der Waals surface area contributed by atoms with Crippen LogP contribution in [0.1, 0.15) is 19.8 Å². The summed E-state index contributed by atoms with van der Waals surface area (Å²) in [6.45, 7) is 2.93. The van der Waals surface area contributed by atoms with Crippen molar-refractivity contribution in [1.82, 2.24) is 0 Å². The van der Waals surface area contributed by atoms with E-state index in [1.54, 1.807) is 0 Å². The van der Waals surface area contributed by atoms with E-state index in [-0.39, 0.29) is 5.01 Å². The highest BCUT2D eigenvalue weighted by atomic mass is 79.9. The van der Waals surface area contributed by atoms with Gasteiger partial charge in [0.05, 0.1) is 0 Å². The fourth-order valence-electron chi connectivity index (χ4n) is 0.384. The molecule has 0 heterocycles. The Labute approximate surface area is 73.4 Å². The topological polar surface area (TPSA) is 9.23 Å². The molecule has 0 rings (SSSR count). The molecule has 3 heteroatoms. The van der Waals surface area contributed by atoms with Gasteiger partial charge in [-0.05, 0) is 12.8 Å². The first-order valence-corrected chi connectivity index (χ1v) is 5.16. The Hall–Kier alpha value is 0.920. The summed E-state index contributed by atoms with van der Waals surface area (Å²) in [4.78, 5) is 0. The van der Waals surface area contributed by atoms with E-state index in [0.717, 1.165) is 24.8 Å². The molecule has 0 unspecified atom stereocenters. The van der Waals surface area contributed by atoms with Crippen molar-refractivity contribution < 1.29 is 4.74 Å². The molecule has 0 N–H and O–H groups in total. The molecule has 0 bridgehead atoms. The molecule has 0 saturated heterocycles. The SMILES string of the molecule is CC[C@H](Br)OCCCBr. The quantitative estimate of drug-likeness (QED) is 0.545. The molecule has 0 aromatic carbocycles. The molecule has 1 nitrogen and oxygen atoms in total. The second-order valence-corrected chi connectivity index (χ2v) is 3.55. The summed E-state index contributed by atoms with van der Waals surface area (Å²) in [6, 6.07) is 0. The Bertz CT molecular complexity index is 59.0. The summed E-state index contributed by atoms with van der Waals surface area (Å²) in [5.74, 6) is 0. The zero-order chi connectivity index (χ0) is 7.11. The third-order valence-corrected chi connectivity index (χ3v) is 2.37. The largest absolute Gasteiger partial charge is 0.367 e. The van der Waals surface area contributed by atoms with Gasteiger partial charge in [0, 0.05) is 11.9 Å². The average molecular weight is 260 g/mol. The second kappa shape index (κ2) is 7.03. The molecule has 0 amide bonds. The van der Waals surface area contributed by atoms with Gasteiger partial charge in [0.1, 0.15) is 5.01 Å². The van der Waals surface area contributed by atoms with Crippen molar-refractivity contribution in [3.63, 3.8) is 0 Å². The first kappa shape index (κ1) is 9.92. The minimum absolute atomic E-state index is 0.247. The molecule has 0 aliphatic rings. The van der Waals surface area contributed by atoms with Crippen LogP contribution in [-0.2, 0) is 4.74 Å². The zero-order valence-electron chi connectivity index (χ0n) is 5.57. The maximum atomic E-state index is 5.32. The zero-order valence-corrected chi connectivity index (χ0v) is 8.74. The number of halogens is 2. The van der Waals surface area contributed by atoms with E-state index in [4.69, 9.17) is 4.74 Å². The van der Waals surface area contributed by atoms with Crippen molar-refractivity contribution in [2.75, 3.05) is 11.9 Å². The van der Waals surface area contributed by atoms with Gasteiger partial charge >= 0.3 is 0 Å². The van der Waals surface area contributed by atoms with Gasteiger partial charge < -0.3 is 4.74 Å².